The van der Waals surface area contributed by atoms with E-state index in [0.717, 1.165) is 0 Å². The molecule has 0 radical (unpaired) electrons. The van der Waals surface area contributed by atoms with E-state index in [4.69, 9.17) is 16.9 Å². The van der Waals surface area contributed by atoms with Gasteiger partial charge in [0.2, 0.25) is 5.91 Å². The second-order valence-corrected chi connectivity index (χ2v) is 4.67. The SMILES string of the molecule is COC(=O)C1CC(=O)N(c2cc(Cl)cc(C#N)c2)C1. The number of nitriles is 1. The van der Waals surface area contributed by atoms with Gasteiger partial charge in [0.15, 0.2) is 0 Å². The molecule has 1 aromatic rings. The molecular weight excluding hydrogens is 268 g/mol. The fourth-order valence-corrected chi connectivity index (χ4v) is 2.31. The number of amides is 1. The van der Waals surface area contributed by atoms with Gasteiger partial charge in [-0.3, -0.25) is 9.59 Å². The molecule has 19 heavy (non-hydrogen) atoms. The molecule has 0 bridgehead atoms. The van der Waals surface area contributed by atoms with Crippen LogP contribution in [0.3, 0.4) is 0 Å². The number of anilines is 1. The maximum absolute atomic E-state index is 11.9. The van der Waals surface area contributed by atoms with Gasteiger partial charge in [-0.2, -0.15) is 5.26 Å². The minimum Gasteiger partial charge on any atom is -0.469 e. The van der Waals surface area contributed by atoms with Crippen LogP contribution in [-0.2, 0) is 14.3 Å². The summed E-state index contributed by atoms with van der Waals surface area (Å²) in [4.78, 5) is 24.8. The Bertz CT molecular complexity index is 580. The van der Waals surface area contributed by atoms with E-state index in [-0.39, 0.29) is 18.9 Å². The highest BCUT2D eigenvalue weighted by Crippen LogP contribution is 2.28. The van der Waals surface area contributed by atoms with Crippen molar-refractivity contribution >= 4 is 29.2 Å². The highest BCUT2D eigenvalue weighted by atomic mass is 35.5. The molecule has 1 unspecified atom stereocenters. The van der Waals surface area contributed by atoms with Crippen molar-refractivity contribution in [2.24, 2.45) is 5.92 Å². The van der Waals surface area contributed by atoms with Crippen LogP contribution in [0.1, 0.15) is 12.0 Å². The van der Waals surface area contributed by atoms with Crippen molar-refractivity contribution < 1.29 is 14.3 Å². The van der Waals surface area contributed by atoms with Crippen molar-refractivity contribution in [3.05, 3.63) is 28.8 Å². The molecule has 2 rings (SSSR count). The summed E-state index contributed by atoms with van der Waals surface area (Å²) in [6, 6.07) is 6.66. The van der Waals surface area contributed by atoms with Crippen LogP contribution in [0.25, 0.3) is 0 Å². The number of hydrogen-bond acceptors (Lipinski definition) is 4. The zero-order chi connectivity index (χ0) is 14.0. The smallest absolute Gasteiger partial charge is 0.311 e. The lowest BCUT2D eigenvalue weighted by molar-refractivity contribution is -0.145. The Hall–Kier alpha value is -2.06. The van der Waals surface area contributed by atoms with Crippen LogP contribution >= 0.6 is 11.6 Å². The molecular formula is C13H11ClN2O3. The summed E-state index contributed by atoms with van der Waals surface area (Å²) in [5, 5.41) is 9.27. The minimum atomic E-state index is -0.470. The van der Waals surface area contributed by atoms with Crippen molar-refractivity contribution in [2.45, 2.75) is 6.42 Å². The standard InChI is InChI=1S/C13H11ClN2O3/c1-19-13(18)9-4-12(17)16(7-9)11-3-8(6-15)2-10(14)5-11/h2-3,5,9H,4,7H2,1H3. The van der Waals surface area contributed by atoms with Crippen LogP contribution in [0.5, 0.6) is 0 Å². The molecule has 1 heterocycles. The summed E-state index contributed by atoms with van der Waals surface area (Å²) in [6.45, 7) is 0.247. The van der Waals surface area contributed by atoms with Gasteiger partial charge in [-0.1, -0.05) is 11.6 Å². The van der Waals surface area contributed by atoms with Gasteiger partial charge < -0.3 is 9.64 Å². The Morgan fingerprint density at radius 3 is 2.89 bits per heavy atom. The monoisotopic (exact) mass is 278 g/mol. The first-order valence-corrected chi connectivity index (χ1v) is 6.02. The number of ether oxygens (including phenoxy) is 1. The van der Waals surface area contributed by atoms with Crippen LogP contribution in [0, 0.1) is 17.2 Å². The normalized spacial score (nSPS) is 18.3. The molecule has 1 aliphatic heterocycles. The van der Waals surface area contributed by atoms with E-state index in [1.165, 1.54) is 18.1 Å². The van der Waals surface area contributed by atoms with Crippen LogP contribution in [0.4, 0.5) is 5.69 Å². The van der Waals surface area contributed by atoms with E-state index in [1.807, 2.05) is 6.07 Å². The lowest BCUT2D eigenvalue weighted by Gasteiger charge is -2.16. The Morgan fingerprint density at radius 1 is 1.53 bits per heavy atom. The molecule has 1 atom stereocenters. The summed E-state index contributed by atoms with van der Waals surface area (Å²) in [5.74, 6) is -1.05. The predicted octanol–water partition coefficient (Wildman–Crippen LogP) is 1.74. The molecule has 0 spiro atoms. The third kappa shape index (κ3) is 2.69. The summed E-state index contributed by atoms with van der Waals surface area (Å²) in [5.41, 5.74) is 0.900. The van der Waals surface area contributed by atoms with Crippen LogP contribution < -0.4 is 4.90 Å². The molecule has 5 nitrogen and oxygen atoms in total. The van der Waals surface area contributed by atoms with Crippen LogP contribution in [0.2, 0.25) is 5.02 Å². The number of halogens is 1. The average Bonchev–Trinajstić information content (AvgIpc) is 2.79. The number of methoxy groups -OCH3 is 1. The Kier molecular flexibility index (Phi) is 3.72. The van der Waals surface area contributed by atoms with Gasteiger partial charge >= 0.3 is 5.97 Å². The summed E-state index contributed by atoms with van der Waals surface area (Å²) in [7, 11) is 1.29. The quantitative estimate of drug-likeness (QED) is 0.773. The highest BCUT2D eigenvalue weighted by molar-refractivity contribution is 6.31. The summed E-state index contributed by atoms with van der Waals surface area (Å²) < 4.78 is 4.64. The predicted molar refractivity (Wildman–Crippen MR) is 68.6 cm³/mol. The second-order valence-electron chi connectivity index (χ2n) is 4.24. The minimum absolute atomic E-state index is 0.112. The van der Waals surface area contributed by atoms with Gasteiger partial charge in [0.1, 0.15) is 0 Å². The third-order valence-corrected chi connectivity index (χ3v) is 3.20. The summed E-state index contributed by atoms with van der Waals surface area (Å²) in [6.07, 6.45) is 0.112. The lowest BCUT2D eigenvalue weighted by Crippen LogP contribution is -2.26. The van der Waals surface area contributed by atoms with E-state index in [2.05, 4.69) is 4.74 Å². The second kappa shape index (κ2) is 5.29. The molecule has 0 aliphatic carbocycles. The number of rotatable bonds is 2. The van der Waals surface area contributed by atoms with Crippen molar-refractivity contribution in [1.29, 1.82) is 5.26 Å². The molecule has 1 saturated heterocycles. The van der Waals surface area contributed by atoms with E-state index in [1.54, 1.807) is 12.1 Å². The molecule has 1 aromatic carbocycles. The molecule has 1 fully saturated rings. The molecule has 0 saturated carbocycles. The fourth-order valence-electron chi connectivity index (χ4n) is 2.08. The zero-order valence-electron chi connectivity index (χ0n) is 10.2. The maximum Gasteiger partial charge on any atom is 0.311 e. The van der Waals surface area contributed by atoms with Crippen molar-refractivity contribution in [3.8, 4) is 6.07 Å². The molecule has 6 heteroatoms. The van der Waals surface area contributed by atoms with Crippen molar-refractivity contribution in [1.82, 2.24) is 0 Å². The van der Waals surface area contributed by atoms with E-state index in [9.17, 15) is 9.59 Å². The van der Waals surface area contributed by atoms with Crippen molar-refractivity contribution in [2.75, 3.05) is 18.6 Å². The molecule has 1 amide bonds. The molecule has 0 N–H and O–H groups in total. The number of carbonyl (C=O) groups is 2. The van der Waals surface area contributed by atoms with E-state index < -0.39 is 11.9 Å². The number of nitrogens with zero attached hydrogens (tertiary/aromatic N) is 2. The first kappa shape index (κ1) is 13.4. The largest absolute Gasteiger partial charge is 0.469 e. The fraction of sp³-hybridized carbons (Fsp3) is 0.308. The van der Waals surface area contributed by atoms with Gasteiger partial charge in [0.25, 0.3) is 0 Å². The maximum atomic E-state index is 11.9. The van der Waals surface area contributed by atoms with Crippen molar-refractivity contribution in [3.63, 3.8) is 0 Å². The Balaban J connectivity index is 2.28. The van der Waals surface area contributed by atoms with Gasteiger partial charge in [0, 0.05) is 23.7 Å². The Morgan fingerprint density at radius 2 is 2.26 bits per heavy atom. The number of hydrogen-bond donors (Lipinski definition) is 0. The van der Waals surface area contributed by atoms with Gasteiger partial charge in [-0.05, 0) is 18.2 Å². The highest BCUT2D eigenvalue weighted by Gasteiger charge is 2.35. The molecule has 0 aromatic heterocycles. The van der Waals surface area contributed by atoms with Gasteiger partial charge in [-0.15, -0.1) is 0 Å². The molecule has 98 valence electrons. The van der Waals surface area contributed by atoms with Crippen LogP contribution in [-0.4, -0.2) is 25.5 Å². The lowest BCUT2D eigenvalue weighted by atomic mass is 10.1. The summed E-state index contributed by atoms with van der Waals surface area (Å²) >= 11 is 5.90. The molecule has 1 aliphatic rings. The average molecular weight is 279 g/mol. The topological polar surface area (TPSA) is 70.4 Å². The van der Waals surface area contributed by atoms with Gasteiger partial charge in [-0.25, -0.2) is 0 Å². The number of benzene rings is 1. The van der Waals surface area contributed by atoms with E-state index in [0.29, 0.717) is 16.3 Å². The number of esters is 1. The first-order valence-electron chi connectivity index (χ1n) is 5.64. The first-order chi connectivity index (χ1) is 9.05. The van der Waals surface area contributed by atoms with E-state index >= 15 is 0 Å². The zero-order valence-corrected chi connectivity index (χ0v) is 11.0. The van der Waals surface area contributed by atoms with Crippen LogP contribution in [0.15, 0.2) is 18.2 Å². The Labute approximate surface area is 115 Å². The number of carbonyl (C=O) groups excluding carboxylic acids is 2. The van der Waals surface area contributed by atoms with Gasteiger partial charge in [0.05, 0.1) is 24.7 Å². The third-order valence-electron chi connectivity index (χ3n) is 2.98.